The summed E-state index contributed by atoms with van der Waals surface area (Å²) < 4.78 is 0. The van der Waals surface area contributed by atoms with Crippen molar-refractivity contribution in [3.63, 3.8) is 0 Å². The van der Waals surface area contributed by atoms with Gasteiger partial charge in [-0.1, -0.05) is 107 Å². The number of rotatable bonds is 7. The van der Waals surface area contributed by atoms with E-state index in [1.54, 1.807) is 5.30 Å². The summed E-state index contributed by atoms with van der Waals surface area (Å²) in [5.41, 5.74) is 4.11. The highest BCUT2D eigenvalue weighted by molar-refractivity contribution is 7.66. The molecule has 154 valence electrons. The summed E-state index contributed by atoms with van der Waals surface area (Å²) in [5.74, 6) is 0. The second kappa shape index (κ2) is 9.19. The Labute approximate surface area is 182 Å². The molecule has 0 aliphatic carbocycles. The minimum absolute atomic E-state index is 0.194. The zero-order chi connectivity index (χ0) is 21.1. The first-order valence-electron chi connectivity index (χ1n) is 11.1. The number of nitrogens with zero attached hydrogens (tertiary/aromatic N) is 1. The van der Waals surface area contributed by atoms with Gasteiger partial charge in [-0.25, -0.2) is 0 Å². The van der Waals surface area contributed by atoms with Crippen LogP contribution in [-0.4, -0.2) is 26.4 Å². The maximum Gasteiger partial charge on any atom is 0.0520 e. The minimum Gasteiger partial charge on any atom is -0.377 e. The average molecular weight is 414 g/mol. The van der Waals surface area contributed by atoms with E-state index in [4.69, 9.17) is 0 Å². The van der Waals surface area contributed by atoms with Gasteiger partial charge in [0, 0.05) is 25.0 Å². The second-order valence-corrected chi connectivity index (χ2v) is 10.7. The monoisotopic (exact) mass is 413 g/mol. The predicted molar refractivity (Wildman–Crippen MR) is 138 cm³/mol. The lowest BCUT2D eigenvalue weighted by atomic mass is 9.95. The van der Waals surface area contributed by atoms with E-state index in [9.17, 15) is 0 Å². The molecule has 0 radical (unpaired) electrons. The molecule has 0 aliphatic rings. The standard InChI is InChI=1S/C28H32NP/c1-5-19-30(20-6-2)28-24-14-10-8-12-22(24)16-18-26(28)25-17-15-21-11-7-9-13-23(21)27(25)29(3)4/h7-18H,5-6,19-20H2,1-4H3. The molecule has 0 amide bonds. The lowest BCUT2D eigenvalue weighted by Crippen LogP contribution is -2.15. The first-order chi connectivity index (χ1) is 14.7. The fourth-order valence-electron chi connectivity index (χ4n) is 4.64. The molecular weight excluding hydrogens is 381 g/mol. The van der Waals surface area contributed by atoms with Crippen LogP contribution >= 0.6 is 7.92 Å². The Morgan fingerprint density at radius 3 is 1.77 bits per heavy atom. The zero-order valence-electron chi connectivity index (χ0n) is 18.7. The van der Waals surface area contributed by atoms with Crippen LogP contribution in [0.15, 0.2) is 72.8 Å². The molecule has 0 fully saturated rings. The third-order valence-corrected chi connectivity index (χ3v) is 8.93. The van der Waals surface area contributed by atoms with E-state index in [1.807, 2.05) is 0 Å². The molecule has 0 aromatic heterocycles. The Morgan fingerprint density at radius 2 is 1.17 bits per heavy atom. The molecule has 0 saturated carbocycles. The molecule has 2 heteroatoms. The molecule has 0 N–H and O–H groups in total. The van der Waals surface area contributed by atoms with Gasteiger partial charge in [0.05, 0.1) is 5.69 Å². The number of hydrogen-bond donors (Lipinski definition) is 0. The van der Waals surface area contributed by atoms with E-state index in [2.05, 4.69) is 106 Å². The SMILES string of the molecule is CCCP(CCC)c1c(-c2ccc3ccccc3c2N(C)C)ccc2ccccc12. The molecule has 0 spiro atoms. The van der Waals surface area contributed by atoms with E-state index >= 15 is 0 Å². The number of benzene rings is 4. The van der Waals surface area contributed by atoms with E-state index < -0.39 is 0 Å². The molecule has 4 aromatic carbocycles. The molecule has 0 heterocycles. The lowest BCUT2D eigenvalue weighted by molar-refractivity contribution is 1.06. The van der Waals surface area contributed by atoms with Crippen molar-refractivity contribution in [3.8, 4) is 11.1 Å². The number of anilines is 1. The maximum atomic E-state index is 2.38. The van der Waals surface area contributed by atoms with Gasteiger partial charge in [0.2, 0.25) is 0 Å². The van der Waals surface area contributed by atoms with Crippen LogP contribution in [0.5, 0.6) is 0 Å². The Balaban J connectivity index is 2.06. The Hall–Kier alpha value is -2.37. The summed E-state index contributed by atoms with van der Waals surface area (Å²) in [6.07, 6.45) is 5.09. The van der Waals surface area contributed by atoms with Crippen molar-refractivity contribution in [3.05, 3.63) is 72.8 Å². The summed E-state index contributed by atoms with van der Waals surface area (Å²) in [6.45, 7) is 4.66. The summed E-state index contributed by atoms with van der Waals surface area (Å²) in [5, 5.41) is 7.04. The summed E-state index contributed by atoms with van der Waals surface area (Å²) in [6, 6.07) is 27.1. The van der Waals surface area contributed by atoms with Crippen LogP contribution in [0.2, 0.25) is 0 Å². The third-order valence-electron chi connectivity index (χ3n) is 5.84. The van der Waals surface area contributed by atoms with Gasteiger partial charge in [-0.05, 0) is 39.4 Å². The number of fused-ring (bicyclic) bond motifs is 2. The molecule has 0 aliphatic heterocycles. The first-order valence-corrected chi connectivity index (χ1v) is 12.8. The largest absolute Gasteiger partial charge is 0.377 e. The smallest absolute Gasteiger partial charge is 0.0520 e. The van der Waals surface area contributed by atoms with Crippen molar-refractivity contribution in [2.45, 2.75) is 26.7 Å². The van der Waals surface area contributed by atoms with Crippen molar-refractivity contribution in [1.29, 1.82) is 0 Å². The van der Waals surface area contributed by atoms with Gasteiger partial charge in [0.25, 0.3) is 0 Å². The molecule has 4 rings (SSSR count). The van der Waals surface area contributed by atoms with Gasteiger partial charge in [-0.15, -0.1) is 0 Å². The van der Waals surface area contributed by atoms with Gasteiger partial charge in [0.1, 0.15) is 0 Å². The van der Waals surface area contributed by atoms with Crippen LogP contribution in [0.3, 0.4) is 0 Å². The number of hydrogen-bond acceptors (Lipinski definition) is 1. The fourth-order valence-corrected chi connectivity index (χ4v) is 7.47. The molecule has 0 saturated heterocycles. The summed E-state index contributed by atoms with van der Waals surface area (Å²) >= 11 is 0. The van der Waals surface area contributed by atoms with Crippen LogP contribution in [0.25, 0.3) is 32.7 Å². The fraction of sp³-hybridized carbons (Fsp3) is 0.286. The topological polar surface area (TPSA) is 3.24 Å². The van der Waals surface area contributed by atoms with Crippen LogP contribution in [0, 0.1) is 0 Å². The van der Waals surface area contributed by atoms with E-state index in [1.165, 1.54) is 63.5 Å². The van der Waals surface area contributed by atoms with Crippen molar-refractivity contribution < 1.29 is 0 Å². The molecule has 1 nitrogen and oxygen atoms in total. The van der Waals surface area contributed by atoms with Crippen LogP contribution < -0.4 is 10.2 Å². The molecule has 4 aromatic rings. The molecule has 0 bridgehead atoms. The van der Waals surface area contributed by atoms with Crippen LogP contribution in [0.1, 0.15) is 26.7 Å². The van der Waals surface area contributed by atoms with Gasteiger partial charge < -0.3 is 4.90 Å². The Bertz CT molecular complexity index is 1160. The van der Waals surface area contributed by atoms with Crippen molar-refractivity contribution in [1.82, 2.24) is 0 Å². The van der Waals surface area contributed by atoms with Gasteiger partial charge in [-0.2, -0.15) is 0 Å². The molecular formula is C28H32NP. The molecule has 0 unspecified atom stereocenters. The van der Waals surface area contributed by atoms with Crippen molar-refractivity contribution in [2.24, 2.45) is 0 Å². The summed E-state index contributed by atoms with van der Waals surface area (Å²) in [4.78, 5) is 2.29. The van der Waals surface area contributed by atoms with Gasteiger partial charge in [-0.3, -0.25) is 0 Å². The molecule has 0 atom stereocenters. The normalized spacial score (nSPS) is 11.5. The van der Waals surface area contributed by atoms with Crippen molar-refractivity contribution in [2.75, 3.05) is 31.3 Å². The minimum atomic E-state index is -0.194. The Kier molecular flexibility index (Phi) is 6.40. The van der Waals surface area contributed by atoms with Crippen molar-refractivity contribution >= 4 is 40.5 Å². The zero-order valence-corrected chi connectivity index (χ0v) is 19.5. The highest BCUT2D eigenvalue weighted by Gasteiger charge is 2.21. The first kappa shape index (κ1) is 20.9. The third kappa shape index (κ3) is 3.84. The van der Waals surface area contributed by atoms with Gasteiger partial charge >= 0.3 is 0 Å². The van der Waals surface area contributed by atoms with Gasteiger partial charge in [0.15, 0.2) is 0 Å². The molecule has 30 heavy (non-hydrogen) atoms. The van der Waals surface area contributed by atoms with Crippen LogP contribution in [0.4, 0.5) is 5.69 Å². The highest BCUT2D eigenvalue weighted by atomic mass is 31.1. The second-order valence-electron chi connectivity index (χ2n) is 8.25. The maximum absolute atomic E-state index is 2.38. The van der Waals surface area contributed by atoms with Crippen LogP contribution in [-0.2, 0) is 0 Å². The quantitative estimate of drug-likeness (QED) is 0.281. The highest BCUT2D eigenvalue weighted by Crippen LogP contribution is 2.45. The average Bonchev–Trinajstić information content (AvgIpc) is 2.77. The van der Waals surface area contributed by atoms with E-state index in [0.717, 1.165) is 0 Å². The predicted octanol–water partition coefficient (Wildman–Crippen LogP) is 7.65. The summed E-state index contributed by atoms with van der Waals surface area (Å²) in [7, 11) is 4.15. The van der Waals surface area contributed by atoms with E-state index in [-0.39, 0.29) is 7.92 Å². The Morgan fingerprint density at radius 1 is 0.633 bits per heavy atom. The lowest BCUT2D eigenvalue weighted by Gasteiger charge is -2.26. The van der Waals surface area contributed by atoms with E-state index in [0.29, 0.717) is 0 Å².